The van der Waals surface area contributed by atoms with Crippen molar-refractivity contribution in [2.45, 2.75) is 6.92 Å². The summed E-state index contributed by atoms with van der Waals surface area (Å²) in [5.41, 5.74) is 1.32. The highest BCUT2D eigenvalue weighted by Gasteiger charge is 2.15. The summed E-state index contributed by atoms with van der Waals surface area (Å²) in [6, 6.07) is 6.94. The fraction of sp³-hybridized carbons (Fsp3) is 0.0714. The van der Waals surface area contributed by atoms with Crippen molar-refractivity contribution in [3.63, 3.8) is 0 Å². The van der Waals surface area contributed by atoms with Crippen LogP contribution in [0.3, 0.4) is 0 Å². The smallest absolute Gasteiger partial charge is 0.345 e. The van der Waals surface area contributed by atoms with Crippen LogP contribution in [0.25, 0.3) is 27.2 Å². The van der Waals surface area contributed by atoms with Gasteiger partial charge in [0.2, 0.25) is 4.96 Å². The molecule has 0 aliphatic heterocycles. The van der Waals surface area contributed by atoms with Crippen molar-refractivity contribution in [3.8, 4) is 11.3 Å². The molecule has 0 N–H and O–H groups in total. The van der Waals surface area contributed by atoms with Gasteiger partial charge in [-0.3, -0.25) is 4.40 Å². The zero-order chi connectivity index (χ0) is 14.6. The highest BCUT2D eigenvalue weighted by atomic mass is 35.5. The lowest BCUT2D eigenvalue weighted by molar-refractivity contribution is 0.563. The van der Waals surface area contributed by atoms with Crippen LogP contribution in [0.2, 0.25) is 5.02 Å². The largest absolute Gasteiger partial charge is 0.422 e. The van der Waals surface area contributed by atoms with E-state index in [1.165, 1.54) is 11.3 Å². The SMILES string of the molecule is Cc1nnc2scc(-c3cc4cc(Cl)ccc4oc3=O)n12. The standard InChI is InChI=1S/C14H8ClN3O2S/c1-7-16-17-14-18(7)11(6-21-14)10-5-8-4-9(15)2-3-12(8)20-13(10)19/h2-6H,1H3. The number of nitrogens with zero attached hydrogens (tertiary/aromatic N) is 3. The molecule has 21 heavy (non-hydrogen) atoms. The summed E-state index contributed by atoms with van der Waals surface area (Å²) in [6.45, 7) is 1.84. The van der Waals surface area contributed by atoms with Gasteiger partial charge in [0.05, 0.1) is 11.3 Å². The van der Waals surface area contributed by atoms with Crippen molar-refractivity contribution < 1.29 is 4.42 Å². The molecule has 0 saturated heterocycles. The molecule has 0 spiro atoms. The van der Waals surface area contributed by atoms with E-state index in [2.05, 4.69) is 10.2 Å². The van der Waals surface area contributed by atoms with E-state index in [4.69, 9.17) is 16.0 Å². The summed E-state index contributed by atoms with van der Waals surface area (Å²) < 4.78 is 7.21. The van der Waals surface area contributed by atoms with E-state index >= 15 is 0 Å². The van der Waals surface area contributed by atoms with Crippen LogP contribution < -0.4 is 5.63 Å². The molecule has 3 aromatic heterocycles. The highest BCUT2D eigenvalue weighted by Crippen LogP contribution is 2.27. The minimum absolute atomic E-state index is 0.391. The van der Waals surface area contributed by atoms with E-state index in [-0.39, 0.29) is 0 Å². The molecule has 3 heterocycles. The Kier molecular flexibility index (Phi) is 2.63. The number of rotatable bonds is 1. The number of hydrogen-bond donors (Lipinski definition) is 0. The summed E-state index contributed by atoms with van der Waals surface area (Å²) >= 11 is 7.43. The summed E-state index contributed by atoms with van der Waals surface area (Å²) in [4.78, 5) is 13.0. The number of aryl methyl sites for hydroxylation is 1. The molecule has 0 fully saturated rings. The Morgan fingerprint density at radius 3 is 3.00 bits per heavy atom. The summed E-state index contributed by atoms with van der Waals surface area (Å²) in [5.74, 6) is 0.729. The van der Waals surface area contributed by atoms with Crippen LogP contribution in [-0.2, 0) is 0 Å². The zero-order valence-electron chi connectivity index (χ0n) is 10.8. The predicted molar refractivity (Wildman–Crippen MR) is 82.1 cm³/mol. The van der Waals surface area contributed by atoms with Gasteiger partial charge in [-0.05, 0) is 31.2 Å². The monoisotopic (exact) mass is 317 g/mol. The van der Waals surface area contributed by atoms with Crippen molar-refractivity contribution in [1.82, 2.24) is 14.6 Å². The van der Waals surface area contributed by atoms with Crippen molar-refractivity contribution in [2.24, 2.45) is 0 Å². The number of hydrogen-bond acceptors (Lipinski definition) is 5. The van der Waals surface area contributed by atoms with Crippen molar-refractivity contribution in [1.29, 1.82) is 0 Å². The Balaban J connectivity index is 2.07. The first-order valence-electron chi connectivity index (χ1n) is 6.16. The first-order chi connectivity index (χ1) is 10.1. The van der Waals surface area contributed by atoms with Crippen molar-refractivity contribution >= 4 is 38.9 Å². The van der Waals surface area contributed by atoms with Gasteiger partial charge in [0.1, 0.15) is 11.4 Å². The van der Waals surface area contributed by atoms with E-state index in [9.17, 15) is 4.79 Å². The molecule has 0 atom stereocenters. The normalized spacial score (nSPS) is 11.5. The number of benzene rings is 1. The molecule has 0 unspecified atom stereocenters. The highest BCUT2D eigenvalue weighted by molar-refractivity contribution is 7.15. The molecular formula is C14H8ClN3O2S. The molecule has 0 radical (unpaired) electrons. The third-order valence-electron chi connectivity index (χ3n) is 3.28. The van der Waals surface area contributed by atoms with E-state index in [0.717, 1.165) is 21.9 Å². The second kappa shape index (κ2) is 4.41. The predicted octanol–water partition coefficient (Wildman–Crippen LogP) is 3.53. The average Bonchev–Trinajstić information content (AvgIpc) is 3.02. The first kappa shape index (κ1) is 12.6. The minimum Gasteiger partial charge on any atom is -0.422 e. The van der Waals surface area contributed by atoms with Crippen LogP contribution in [0.1, 0.15) is 5.82 Å². The van der Waals surface area contributed by atoms with Gasteiger partial charge in [-0.2, -0.15) is 0 Å². The third-order valence-corrected chi connectivity index (χ3v) is 4.33. The Labute approximate surface area is 127 Å². The Morgan fingerprint density at radius 1 is 1.29 bits per heavy atom. The van der Waals surface area contributed by atoms with E-state index < -0.39 is 5.63 Å². The van der Waals surface area contributed by atoms with Crippen LogP contribution in [-0.4, -0.2) is 14.6 Å². The molecule has 4 aromatic rings. The number of fused-ring (bicyclic) bond motifs is 2. The summed E-state index contributed by atoms with van der Waals surface area (Å²) in [7, 11) is 0. The zero-order valence-corrected chi connectivity index (χ0v) is 12.4. The second-order valence-corrected chi connectivity index (χ2v) is 5.89. The molecule has 0 aliphatic rings. The molecular weight excluding hydrogens is 310 g/mol. The van der Waals surface area contributed by atoms with Gasteiger partial charge in [-0.25, -0.2) is 4.79 Å². The maximum Gasteiger partial charge on any atom is 0.345 e. The quantitative estimate of drug-likeness (QED) is 0.504. The molecule has 0 saturated carbocycles. The Bertz CT molecular complexity index is 1050. The van der Waals surface area contributed by atoms with Crippen molar-refractivity contribution in [2.75, 3.05) is 0 Å². The van der Waals surface area contributed by atoms with Crippen LogP contribution in [0.5, 0.6) is 0 Å². The van der Waals surface area contributed by atoms with E-state index in [1.54, 1.807) is 24.3 Å². The molecule has 0 bridgehead atoms. The molecule has 0 aliphatic carbocycles. The average molecular weight is 318 g/mol. The number of halogens is 1. The molecule has 7 heteroatoms. The van der Waals surface area contributed by atoms with Gasteiger partial charge in [-0.15, -0.1) is 21.5 Å². The van der Waals surface area contributed by atoms with Crippen LogP contribution >= 0.6 is 22.9 Å². The third kappa shape index (κ3) is 1.87. The van der Waals surface area contributed by atoms with Crippen LogP contribution in [0.4, 0.5) is 0 Å². The molecule has 4 rings (SSSR count). The van der Waals surface area contributed by atoms with Gasteiger partial charge < -0.3 is 4.42 Å². The lowest BCUT2D eigenvalue weighted by atomic mass is 10.1. The Hall–Kier alpha value is -2.18. The first-order valence-corrected chi connectivity index (χ1v) is 7.42. The fourth-order valence-electron chi connectivity index (χ4n) is 2.31. The van der Waals surface area contributed by atoms with Crippen LogP contribution in [0.15, 0.2) is 38.9 Å². The summed E-state index contributed by atoms with van der Waals surface area (Å²) in [5, 5.41) is 11.3. The van der Waals surface area contributed by atoms with E-state index in [1.807, 2.05) is 16.7 Å². The van der Waals surface area contributed by atoms with E-state index in [0.29, 0.717) is 16.2 Å². The molecule has 104 valence electrons. The second-order valence-electron chi connectivity index (χ2n) is 4.62. The van der Waals surface area contributed by atoms with Gasteiger partial charge in [0.25, 0.3) is 0 Å². The summed E-state index contributed by atoms with van der Waals surface area (Å²) in [6.07, 6.45) is 0. The molecule has 0 amide bonds. The van der Waals surface area contributed by atoms with Crippen LogP contribution in [0, 0.1) is 6.92 Å². The van der Waals surface area contributed by atoms with Gasteiger partial charge >= 0.3 is 5.63 Å². The van der Waals surface area contributed by atoms with Crippen molar-refractivity contribution in [3.05, 3.63) is 50.9 Å². The minimum atomic E-state index is -0.391. The topological polar surface area (TPSA) is 60.4 Å². The maximum atomic E-state index is 12.2. The van der Waals surface area contributed by atoms with Gasteiger partial charge in [0.15, 0.2) is 0 Å². The number of aromatic nitrogens is 3. The van der Waals surface area contributed by atoms with Gasteiger partial charge in [-0.1, -0.05) is 11.6 Å². The molecule has 1 aromatic carbocycles. The lowest BCUT2D eigenvalue weighted by Gasteiger charge is -2.02. The number of thiazole rings is 1. The maximum absolute atomic E-state index is 12.2. The fourth-order valence-corrected chi connectivity index (χ4v) is 3.37. The lowest BCUT2D eigenvalue weighted by Crippen LogP contribution is -2.04. The van der Waals surface area contributed by atoms with Gasteiger partial charge in [0, 0.05) is 15.8 Å². The Morgan fingerprint density at radius 2 is 2.14 bits per heavy atom. The molecule has 5 nitrogen and oxygen atoms in total.